The third kappa shape index (κ3) is 16.6. The Kier molecular flexibility index (Phi) is 23.0. The van der Waals surface area contributed by atoms with Crippen LogP contribution >= 0.6 is 46.9 Å². The van der Waals surface area contributed by atoms with E-state index < -0.39 is 243 Å². The lowest BCUT2D eigenvalue weighted by Crippen LogP contribution is -2.45. The fraction of sp³-hybridized carbons (Fsp3) is 0.500. The van der Waals surface area contributed by atoms with Crippen molar-refractivity contribution in [3.05, 3.63) is 106 Å². The van der Waals surface area contributed by atoms with E-state index in [4.69, 9.17) is 127 Å². The van der Waals surface area contributed by atoms with Crippen molar-refractivity contribution >= 4 is 149 Å². The van der Waals surface area contributed by atoms with Crippen LogP contribution in [0.15, 0.2) is 89.1 Å². The highest BCUT2D eigenvalue weighted by molar-refractivity contribution is 7.48. The Hall–Kier alpha value is -10.1. The van der Waals surface area contributed by atoms with Gasteiger partial charge in [0.05, 0.1) is 114 Å². The van der Waals surface area contributed by atoms with Crippen LogP contribution < -0.4 is 51.1 Å². The summed E-state index contributed by atoms with van der Waals surface area (Å²) in [7, 11) is -29.9. The highest BCUT2D eigenvalue weighted by Crippen LogP contribution is 2.63. The van der Waals surface area contributed by atoms with Gasteiger partial charge in [0, 0.05) is 30.9 Å². The minimum atomic E-state index is -5.18. The van der Waals surface area contributed by atoms with Gasteiger partial charge in [0.25, 0.3) is 16.7 Å². The second-order valence-electron chi connectivity index (χ2n) is 32.5. The van der Waals surface area contributed by atoms with Crippen LogP contribution in [0.4, 0.5) is 39.3 Å². The zero-order chi connectivity index (χ0) is 95.3. The second-order valence-corrected chi connectivity index (χ2v) is 41.0. The number of nitrogens with zero attached hydrogens (tertiary/aromatic N) is 18. The summed E-state index contributed by atoms with van der Waals surface area (Å²) in [4.78, 5) is 158. The molecule has 728 valence electrons. The Morgan fingerprint density at radius 3 is 1.20 bits per heavy atom. The molecule has 10 bridgehead atoms. The smallest absolute Gasteiger partial charge is 0.397 e. The average Bonchev–Trinajstić information content (AvgIpc) is 1.56. The molecule has 11 saturated heterocycles. The van der Waals surface area contributed by atoms with Gasteiger partial charge in [0.2, 0.25) is 17.8 Å². The Balaban J connectivity index is 0.000000122. The topological polar surface area (TPSA) is 868 Å². The predicted octanol–water partition coefficient (Wildman–Crippen LogP) is -1.11. The van der Waals surface area contributed by atoms with Gasteiger partial charge in [-0.25, -0.2) is 76.6 Å². The molecule has 0 radical (unpaired) electrons. The van der Waals surface area contributed by atoms with Crippen molar-refractivity contribution in [1.82, 2.24) is 102 Å². The van der Waals surface area contributed by atoms with E-state index in [0.717, 1.165) is 21.8 Å². The van der Waals surface area contributed by atoms with E-state index >= 15 is 4.39 Å². The molecule has 11 aliphatic rings. The Morgan fingerprint density at radius 1 is 0.382 bits per heavy atom. The maximum absolute atomic E-state index is 15.8. The number of aromatic amines is 3. The van der Waals surface area contributed by atoms with Crippen molar-refractivity contribution in [2.24, 2.45) is 5.92 Å². The molecule has 11 aliphatic heterocycles. The van der Waals surface area contributed by atoms with Gasteiger partial charge < -0.3 is 107 Å². The number of pyridine rings is 3. The molecule has 29 atom stereocenters. The number of nitrogen functional groups attached to an aromatic ring is 6. The summed E-state index contributed by atoms with van der Waals surface area (Å²) in [5.41, 5.74) is 32.1. The molecule has 23 heterocycles. The van der Waals surface area contributed by atoms with Gasteiger partial charge in [0.1, 0.15) is 107 Å². The summed E-state index contributed by atoms with van der Waals surface area (Å²) in [5.74, 6) is -1.45. The number of nitrogens with one attached hydrogen (secondary N) is 3. The molecule has 12 aromatic heterocycles. The number of imidazole rings is 6. The monoisotopic (exact) mass is 2030 g/mol. The van der Waals surface area contributed by atoms with Crippen molar-refractivity contribution in [2.45, 2.75) is 147 Å². The van der Waals surface area contributed by atoms with E-state index in [0.29, 0.717) is 50.6 Å². The van der Waals surface area contributed by atoms with E-state index in [2.05, 4.69) is 74.8 Å². The standard InChI is InChI=1S/C22H24FN9O12P2.C22H25N9O12P2.C22H27N9O12P2/c23-10-9-3-39-45(34,35)44-15-14-20(31-6-27-11-8(24)1-2-26-16(11)31)42-22(15,4-38-14)5-40-46(36,37)43-13(10)19(41-9)32-7-28-12-17(32)29-21(25)30-18(12)33;23-10-1-2-25-16-12(10)26-7-30(16)20-14-15-22(41-20,5-37-14)6-39-45(35,36)42-11-3-9(4-38-44(33,34)43-15)40-19(11)31-8-27-13-17(31)28-21(24)29-18(13)32;1-8-15-11(41-20(8)30-6-26-12-9(23)2-3-25-17(12)30)5-39-45(36,37)43-16-14(32)10(4-38-44(34,35)42-15)40-21(16)31-7-27-13-18(31)28-22(24)29-19(13)33/h1-2,6-7,9-10,13-15,19-20H,3-5H2,(H2,24,26)(H,34,35)(H,36,37)(H3,25,29,30,33);1-2,7-9,11,14-15,19-20H,3-6H2,(H2,23,25)(H,33,34)(H,35,36)(H3,24,28,29,32);2-3,6-8,10-11,14-16,20-21,32H,4-5H2,1H3,(H2,23,25)(H,34,35)(H,36,37)(H3,24,28,29,33)/t9-,10-,13-,14-,15+,19-,20-,22-;9-,11?,14?,15+,19+,20+,22+;8-,10+,11+,14?,15-,16+,20+,21+/m100/s1. The number of halogens is 1. The van der Waals surface area contributed by atoms with Gasteiger partial charge in [-0.2, -0.15) is 15.0 Å². The van der Waals surface area contributed by atoms with Crippen LogP contribution in [0.3, 0.4) is 0 Å². The predicted molar refractivity (Wildman–Crippen MR) is 443 cm³/mol. The van der Waals surface area contributed by atoms with Crippen molar-refractivity contribution in [3.8, 4) is 0 Å². The van der Waals surface area contributed by atoms with Crippen molar-refractivity contribution in [1.29, 1.82) is 0 Å². The summed E-state index contributed by atoms with van der Waals surface area (Å²) in [6.45, 7) is -3.11. The quantitative estimate of drug-likeness (QED) is 0.0878. The molecule has 63 nitrogen and oxygen atoms in total. The number of phosphoric ester groups is 6. The summed E-state index contributed by atoms with van der Waals surface area (Å²) < 4.78 is 216. The van der Waals surface area contributed by atoms with Crippen LogP contribution in [0.5, 0.6) is 0 Å². The van der Waals surface area contributed by atoms with Gasteiger partial charge in [-0.1, -0.05) is 6.92 Å². The minimum Gasteiger partial charge on any atom is -0.397 e. The molecule has 9 unspecified atom stereocenters. The first-order chi connectivity index (χ1) is 64.6. The van der Waals surface area contributed by atoms with Gasteiger partial charge >= 0.3 is 46.9 Å². The number of hydrogen-bond acceptors (Lipinski definition) is 48. The zero-order valence-electron chi connectivity index (χ0n) is 69.0. The van der Waals surface area contributed by atoms with Crippen LogP contribution in [0.1, 0.15) is 50.7 Å². The lowest BCUT2D eigenvalue weighted by Gasteiger charge is -2.32. The van der Waals surface area contributed by atoms with Crippen LogP contribution in [0, 0.1) is 5.92 Å². The van der Waals surface area contributed by atoms with E-state index in [1.165, 1.54) is 57.6 Å². The number of fused-ring (bicyclic) bond motifs is 13. The normalized spacial score (nSPS) is 38.7. The molecule has 0 aromatic carbocycles. The highest BCUT2D eigenvalue weighted by Gasteiger charge is 2.69. The Labute approximate surface area is 752 Å². The van der Waals surface area contributed by atoms with E-state index in [-0.39, 0.29) is 71.0 Å². The first kappa shape index (κ1) is 92.3. The summed E-state index contributed by atoms with van der Waals surface area (Å²) in [6, 6.07) is 4.69. The average molecular weight is 2030 g/mol. The molecule has 136 heavy (non-hydrogen) atoms. The molecule has 11 fully saturated rings. The molecule has 23 rings (SSSR count). The number of nitrogens with two attached hydrogens (primary N) is 6. The number of phosphoric acid groups is 6. The number of aromatic nitrogens is 21. The molecule has 12 aromatic rings. The number of rotatable bonds is 6. The van der Waals surface area contributed by atoms with Gasteiger partial charge in [-0.15, -0.1) is 0 Å². The maximum atomic E-state index is 15.8. The van der Waals surface area contributed by atoms with Crippen LogP contribution in [-0.4, -0.2) is 286 Å². The molecular formula is C66H76FN27O36P6. The molecule has 22 N–H and O–H groups in total. The summed E-state index contributed by atoms with van der Waals surface area (Å²) >= 11 is 0. The van der Waals surface area contributed by atoms with Crippen LogP contribution in [0.2, 0.25) is 0 Å². The fourth-order valence-corrected chi connectivity index (χ4v) is 23.7. The zero-order valence-corrected chi connectivity index (χ0v) is 74.3. The molecular weight excluding hydrogens is 1950 g/mol. The van der Waals surface area contributed by atoms with Gasteiger partial charge in [-0.05, 0) is 18.2 Å². The Morgan fingerprint density at radius 2 is 0.735 bits per heavy atom. The number of anilines is 6. The number of H-pyrrole nitrogens is 3. The van der Waals surface area contributed by atoms with Gasteiger partial charge in [0.15, 0.2) is 87.7 Å². The maximum Gasteiger partial charge on any atom is 0.472 e. The number of hydrogen-bond donors (Lipinski definition) is 16. The van der Waals surface area contributed by atoms with E-state index in [1.54, 1.807) is 29.7 Å². The van der Waals surface area contributed by atoms with Crippen LogP contribution in [0.25, 0.3) is 67.0 Å². The first-order valence-electron chi connectivity index (χ1n) is 40.4. The highest BCUT2D eigenvalue weighted by atomic mass is 31.2. The number of aliphatic hydroxyl groups excluding tert-OH is 1. The molecule has 70 heteroatoms. The van der Waals surface area contributed by atoms with Crippen molar-refractivity contribution in [3.63, 3.8) is 0 Å². The lowest BCUT2D eigenvalue weighted by atomic mass is 10.0. The number of alkyl halides is 1. The number of aliphatic hydroxyl groups is 1. The third-order valence-electron chi connectivity index (χ3n) is 23.9. The van der Waals surface area contributed by atoms with E-state index in [9.17, 15) is 76.2 Å². The SMILES string of the molecule is C[C@H]1[C@@H]2OP(=O)(O)OC[C@H]3O[C@@H](n4cnc5c(=O)[nH]c(N)nc54)[C@H](OP(=O)(O)OC[C@H]2O[C@H]1n1cnc2c(N)ccnc21)C3O.Nc1nc2c(ncn2[C@@H]2O[C@@H]3COP(=O)(O)O[C@@H]4C5OC[C@]4(COP(=O)(O)OC2C3)O[C@H]5n2cnc3c(N)ccnc32)c(=O)[nH]1.Nc1nc2c(ncn2[C@@H]2O[C@@H]3COP(=O)(O)O[C@H]4[C@H]5OC[C@]4(COP(=O)(O)O[C@@H]2[C@@H]3F)O[C@H]5n2cnc3c(N)ccnc32)c(=O)[nH]1. The van der Waals surface area contributed by atoms with Crippen LogP contribution in [-0.2, 0) is 120 Å². The van der Waals surface area contributed by atoms with Gasteiger partial charge in [-0.3, -0.25) is 111 Å². The third-order valence-corrected chi connectivity index (χ3v) is 29.8. The molecule has 0 spiro atoms. The van der Waals surface area contributed by atoms with Crippen molar-refractivity contribution < 1.29 is 158 Å². The van der Waals surface area contributed by atoms with Crippen molar-refractivity contribution in [2.75, 3.05) is 87.3 Å². The summed E-state index contributed by atoms with van der Waals surface area (Å²) in [6.07, 6.45) is -15.3. The first-order valence-corrected chi connectivity index (χ1v) is 49.4. The summed E-state index contributed by atoms with van der Waals surface area (Å²) in [5, 5.41) is 11.0. The Bertz CT molecular complexity index is 7280. The molecule has 0 amide bonds. The minimum absolute atomic E-state index is 0.00642. The largest absolute Gasteiger partial charge is 0.472 e. The molecule has 0 aliphatic carbocycles. The second kappa shape index (κ2) is 33.9. The van der Waals surface area contributed by atoms with E-state index in [1.807, 2.05) is 0 Å². The number of ether oxygens (including phenoxy) is 8. The fourth-order valence-electron chi connectivity index (χ4n) is 17.7. The molecule has 0 saturated carbocycles. The lowest BCUT2D eigenvalue weighted by molar-refractivity contribution is -0.184.